The van der Waals surface area contributed by atoms with E-state index in [1.807, 2.05) is 0 Å². The predicted molar refractivity (Wildman–Crippen MR) is 67.4 cm³/mol. The normalized spacial score (nSPS) is 23.2. The molecule has 1 N–H and O–H groups in total. The van der Waals surface area contributed by atoms with E-state index in [1.165, 1.54) is 15.8 Å². The summed E-state index contributed by atoms with van der Waals surface area (Å²) in [6.07, 6.45) is 1.20. The third kappa shape index (κ3) is 3.28. The van der Waals surface area contributed by atoms with Crippen LogP contribution in [0.3, 0.4) is 0 Å². The fourth-order valence-electron chi connectivity index (χ4n) is 1.74. The number of thiophene rings is 1. The molecule has 2 nitrogen and oxygen atoms in total. The molecule has 1 saturated heterocycles. The molecule has 1 aliphatic rings. The lowest BCUT2D eigenvalue weighted by Gasteiger charge is -2.14. The largest absolute Gasteiger partial charge is 0.381 e. The van der Waals surface area contributed by atoms with Gasteiger partial charge in [-0.05, 0) is 41.3 Å². The van der Waals surface area contributed by atoms with Crippen LogP contribution >= 0.6 is 27.3 Å². The van der Waals surface area contributed by atoms with Crippen molar-refractivity contribution in [1.29, 1.82) is 0 Å². The van der Waals surface area contributed by atoms with Gasteiger partial charge in [0, 0.05) is 33.9 Å². The molecule has 2 atom stereocenters. The molecule has 15 heavy (non-hydrogen) atoms. The SMILES string of the molecule is CC(NCC1CCOC1)c1cc(Br)cs1. The highest BCUT2D eigenvalue weighted by Gasteiger charge is 2.16. The van der Waals surface area contributed by atoms with E-state index in [0.717, 1.165) is 19.8 Å². The monoisotopic (exact) mass is 289 g/mol. The first-order chi connectivity index (χ1) is 7.25. The number of ether oxygens (including phenoxy) is 1. The molecule has 84 valence electrons. The van der Waals surface area contributed by atoms with Crippen molar-refractivity contribution in [3.05, 3.63) is 20.8 Å². The van der Waals surface area contributed by atoms with Gasteiger partial charge in [0.1, 0.15) is 0 Å². The van der Waals surface area contributed by atoms with E-state index in [-0.39, 0.29) is 0 Å². The number of nitrogens with one attached hydrogen (secondary N) is 1. The van der Waals surface area contributed by atoms with Gasteiger partial charge in [-0.3, -0.25) is 0 Å². The highest BCUT2D eigenvalue weighted by Crippen LogP contribution is 2.25. The minimum Gasteiger partial charge on any atom is -0.381 e. The molecule has 0 aliphatic carbocycles. The molecule has 0 amide bonds. The lowest BCUT2D eigenvalue weighted by atomic mass is 10.1. The van der Waals surface area contributed by atoms with Crippen molar-refractivity contribution in [2.24, 2.45) is 5.92 Å². The van der Waals surface area contributed by atoms with Crippen molar-refractivity contribution in [2.75, 3.05) is 19.8 Å². The van der Waals surface area contributed by atoms with Gasteiger partial charge in [0.05, 0.1) is 6.61 Å². The van der Waals surface area contributed by atoms with Crippen LogP contribution in [0.1, 0.15) is 24.3 Å². The van der Waals surface area contributed by atoms with Gasteiger partial charge < -0.3 is 10.1 Å². The first kappa shape index (κ1) is 11.6. The maximum Gasteiger partial charge on any atom is 0.0507 e. The average Bonchev–Trinajstić information content (AvgIpc) is 2.84. The van der Waals surface area contributed by atoms with Crippen molar-refractivity contribution in [1.82, 2.24) is 5.32 Å². The second-order valence-corrected chi connectivity index (χ2v) is 5.89. The summed E-state index contributed by atoms with van der Waals surface area (Å²) in [7, 11) is 0. The lowest BCUT2D eigenvalue weighted by Crippen LogP contribution is -2.25. The smallest absolute Gasteiger partial charge is 0.0507 e. The first-order valence-electron chi connectivity index (χ1n) is 5.31. The Bertz CT molecular complexity index is 309. The Balaban J connectivity index is 1.79. The summed E-state index contributed by atoms with van der Waals surface area (Å²) in [4.78, 5) is 1.39. The highest BCUT2D eigenvalue weighted by atomic mass is 79.9. The fourth-order valence-corrected chi connectivity index (χ4v) is 3.22. The van der Waals surface area contributed by atoms with E-state index in [2.05, 4.69) is 39.6 Å². The number of halogens is 1. The van der Waals surface area contributed by atoms with Crippen LogP contribution in [0.2, 0.25) is 0 Å². The predicted octanol–water partition coefficient (Wildman–Crippen LogP) is 3.20. The first-order valence-corrected chi connectivity index (χ1v) is 6.98. The van der Waals surface area contributed by atoms with Gasteiger partial charge in [0.15, 0.2) is 0 Å². The second kappa shape index (κ2) is 5.43. The summed E-state index contributed by atoms with van der Waals surface area (Å²) in [6, 6.07) is 2.63. The molecule has 2 rings (SSSR count). The molecule has 2 unspecified atom stereocenters. The van der Waals surface area contributed by atoms with Gasteiger partial charge in [-0.1, -0.05) is 0 Å². The molecule has 1 aliphatic heterocycles. The quantitative estimate of drug-likeness (QED) is 0.919. The van der Waals surface area contributed by atoms with E-state index in [1.54, 1.807) is 11.3 Å². The molecule has 0 spiro atoms. The topological polar surface area (TPSA) is 21.3 Å². The van der Waals surface area contributed by atoms with Gasteiger partial charge in [0.25, 0.3) is 0 Å². The van der Waals surface area contributed by atoms with E-state index in [9.17, 15) is 0 Å². The average molecular weight is 290 g/mol. The van der Waals surface area contributed by atoms with Crippen LogP contribution in [0.25, 0.3) is 0 Å². The lowest BCUT2D eigenvalue weighted by molar-refractivity contribution is 0.184. The Morgan fingerprint density at radius 3 is 3.20 bits per heavy atom. The van der Waals surface area contributed by atoms with Gasteiger partial charge in [-0.25, -0.2) is 0 Å². The summed E-state index contributed by atoms with van der Waals surface area (Å²) >= 11 is 5.28. The molecule has 1 aromatic heterocycles. The standard InChI is InChI=1S/C11H16BrNOS/c1-8(11-4-10(12)7-15-11)13-5-9-2-3-14-6-9/h4,7-9,13H,2-3,5-6H2,1H3. The second-order valence-electron chi connectivity index (χ2n) is 4.03. The zero-order valence-corrected chi connectivity index (χ0v) is 11.2. The highest BCUT2D eigenvalue weighted by molar-refractivity contribution is 9.10. The summed E-state index contributed by atoms with van der Waals surface area (Å²) in [6.45, 7) is 5.14. The van der Waals surface area contributed by atoms with Crippen molar-refractivity contribution < 1.29 is 4.74 Å². The van der Waals surface area contributed by atoms with E-state index >= 15 is 0 Å². The van der Waals surface area contributed by atoms with Gasteiger partial charge in [-0.2, -0.15) is 0 Å². The molecule has 1 aromatic rings. The van der Waals surface area contributed by atoms with Gasteiger partial charge >= 0.3 is 0 Å². The van der Waals surface area contributed by atoms with Crippen molar-refractivity contribution in [3.8, 4) is 0 Å². The van der Waals surface area contributed by atoms with Crippen LogP contribution < -0.4 is 5.32 Å². The Kier molecular flexibility index (Phi) is 4.20. The molecule has 1 fully saturated rings. The van der Waals surface area contributed by atoms with Gasteiger partial charge in [0.2, 0.25) is 0 Å². The summed E-state index contributed by atoms with van der Waals surface area (Å²) in [5.74, 6) is 0.704. The molecular formula is C11H16BrNOS. The van der Waals surface area contributed by atoms with Crippen LogP contribution in [0.15, 0.2) is 15.9 Å². The van der Waals surface area contributed by atoms with E-state index < -0.39 is 0 Å². The maximum absolute atomic E-state index is 5.35. The minimum atomic E-state index is 0.446. The molecule has 0 saturated carbocycles. The molecular weight excluding hydrogens is 274 g/mol. The van der Waals surface area contributed by atoms with Crippen LogP contribution in [-0.2, 0) is 4.74 Å². The Hall–Kier alpha value is 0.1000. The van der Waals surface area contributed by atoms with Crippen molar-refractivity contribution >= 4 is 27.3 Å². The zero-order valence-electron chi connectivity index (χ0n) is 8.83. The molecule has 0 aromatic carbocycles. The zero-order chi connectivity index (χ0) is 10.7. The molecule has 2 heterocycles. The van der Waals surface area contributed by atoms with Crippen LogP contribution in [0.4, 0.5) is 0 Å². The maximum atomic E-state index is 5.35. The fraction of sp³-hybridized carbons (Fsp3) is 0.636. The molecule has 0 bridgehead atoms. The van der Waals surface area contributed by atoms with Crippen LogP contribution in [0.5, 0.6) is 0 Å². The third-order valence-electron chi connectivity index (χ3n) is 2.75. The molecule has 4 heteroatoms. The minimum absolute atomic E-state index is 0.446. The van der Waals surface area contributed by atoms with Crippen LogP contribution in [0, 0.1) is 5.92 Å². The molecule has 0 radical (unpaired) electrons. The Morgan fingerprint density at radius 2 is 2.60 bits per heavy atom. The van der Waals surface area contributed by atoms with Gasteiger partial charge in [-0.15, -0.1) is 11.3 Å². The number of rotatable bonds is 4. The Morgan fingerprint density at radius 1 is 1.73 bits per heavy atom. The number of hydrogen-bond donors (Lipinski definition) is 1. The van der Waals surface area contributed by atoms with E-state index in [0.29, 0.717) is 12.0 Å². The van der Waals surface area contributed by atoms with E-state index in [4.69, 9.17) is 4.74 Å². The summed E-state index contributed by atoms with van der Waals surface area (Å²) < 4.78 is 6.54. The van der Waals surface area contributed by atoms with Crippen LogP contribution in [-0.4, -0.2) is 19.8 Å². The van der Waals surface area contributed by atoms with Crippen molar-refractivity contribution in [2.45, 2.75) is 19.4 Å². The van der Waals surface area contributed by atoms with Crippen molar-refractivity contribution in [3.63, 3.8) is 0 Å². The summed E-state index contributed by atoms with van der Waals surface area (Å²) in [5.41, 5.74) is 0. The third-order valence-corrected chi connectivity index (χ3v) is 4.63. The summed E-state index contributed by atoms with van der Waals surface area (Å²) in [5, 5.41) is 5.69. The number of hydrogen-bond acceptors (Lipinski definition) is 3. The Labute approximate surface area is 103 Å².